The van der Waals surface area contributed by atoms with Crippen molar-refractivity contribution in [3.8, 4) is 0 Å². The normalized spacial score (nSPS) is 17.4. The van der Waals surface area contributed by atoms with Crippen LogP contribution in [0.5, 0.6) is 0 Å². The number of piperazine rings is 1. The molecule has 3 heteroatoms. The summed E-state index contributed by atoms with van der Waals surface area (Å²) < 4.78 is 0. The van der Waals surface area contributed by atoms with Gasteiger partial charge in [0.15, 0.2) is 0 Å². The first-order chi connectivity index (χ1) is 10.5. The highest BCUT2D eigenvalue weighted by Gasteiger charge is 2.26. The van der Waals surface area contributed by atoms with Crippen molar-refractivity contribution in [1.29, 1.82) is 0 Å². The topological polar surface area (TPSA) is 24.8 Å². The van der Waals surface area contributed by atoms with E-state index in [2.05, 4.69) is 66.8 Å². The van der Waals surface area contributed by atoms with Crippen LogP contribution < -0.4 is 4.90 Å². The molecule has 1 aromatic rings. The molecule has 1 heterocycles. The molecule has 0 aliphatic carbocycles. The molecule has 0 aromatic heterocycles. The van der Waals surface area contributed by atoms with Gasteiger partial charge in [0.25, 0.3) is 5.91 Å². The van der Waals surface area contributed by atoms with Crippen LogP contribution in [0.15, 0.2) is 18.2 Å². The van der Waals surface area contributed by atoms with Gasteiger partial charge in [-0.1, -0.05) is 47.6 Å². The number of hydrogen-bond acceptors (Lipinski definition) is 1. The monoisotopic (exact) mass is 317 g/mol. The quantitative estimate of drug-likeness (QED) is 0.844. The fraction of sp³-hybridized carbons (Fsp3) is 0.650. The SMILES string of the molecule is C[NH+]1CCN(C(=O)c2cc(C(C)(C)C)cc(C(C)(C)C)c2)CC1. The number of likely N-dealkylation sites (N-methyl/N-ethyl adjacent to an activating group) is 1. The number of carbonyl (C=O) groups excluding carboxylic acids is 1. The van der Waals surface area contributed by atoms with Crippen molar-refractivity contribution in [2.24, 2.45) is 0 Å². The summed E-state index contributed by atoms with van der Waals surface area (Å²) in [6.45, 7) is 17.1. The minimum absolute atomic E-state index is 0.0442. The number of rotatable bonds is 1. The number of nitrogens with one attached hydrogen (secondary N) is 1. The molecule has 1 aliphatic rings. The van der Waals surface area contributed by atoms with Crippen molar-refractivity contribution >= 4 is 5.91 Å². The maximum absolute atomic E-state index is 13.0. The molecule has 1 saturated heterocycles. The van der Waals surface area contributed by atoms with Gasteiger partial charge in [-0.15, -0.1) is 0 Å². The van der Waals surface area contributed by atoms with Crippen LogP contribution in [0.2, 0.25) is 0 Å². The van der Waals surface area contributed by atoms with Crippen LogP contribution in [-0.4, -0.2) is 44.0 Å². The van der Waals surface area contributed by atoms with Crippen molar-refractivity contribution in [3.63, 3.8) is 0 Å². The Morgan fingerprint density at radius 1 is 0.913 bits per heavy atom. The van der Waals surface area contributed by atoms with E-state index in [0.717, 1.165) is 31.7 Å². The van der Waals surface area contributed by atoms with E-state index in [1.807, 2.05) is 4.90 Å². The Kier molecular flexibility index (Phi) is 4.91. The van der Waals surface area contributed by atoms with Crippen molar-refractivity contribution in [2.45, 2.75) is 52.4 Å². The predicted octanol–water partition coefficient (Wildman–Crippen LogP) is 2.25. The Morgan fingerprint density at radius 3 is 1.74 bits per heavy atom. The number of hydrogen-bond donors (Lipinski definition) is 1. The third-order valence-corrected chi connectivity index (χ3v) is 4.82. The minimum atomic E-state index is 0.0442. The molecule has 1 amide bonds. The molecule has 1 aliphatic heterocycles. The molecule has 1 N–H and O–H groups in total. The zero-order chi connectivity index (χ0) is 17.4. The maximum Gasteiger partial charge on any atom is 0.254 e. The van der Waals surface area contributed by atoms with E-state index in [9.17, 15) is 4.79 Å². The van der Waals surface area contributed by atoms with Gasteiger partial charge in [-0.25, -0.2) is 0 Å². The molecule has 3 nitrogen and oxygen atoms in total. The van der Waals surface area contributed by atoms with E-state index in [1.54, 1.807) is 0 Å². The van der Waals surface area contributed by atoms with Crippen LogP contribution in [0.1, 0.15) is 63.0 Å². The molecule has 0 radical (unpaired) electrons. The molecule has 0 atom stereocenters. The second-order valence-electron chi connectivity index (χ2n) is 9.05. The zero-order valence-electron chi connectivity index (χ0n) is 15.9. The van der Waals surface area contributed by atoms with Gasteiger partial charge in [0.2, 0.25) is 0 Å². The zero-order valence-corrected chi connectivity index (χ0v) is 15.9. The van der Waals surface area contributed by atoms with Crippen molar-refractivity contribution in [3.05, 3.63) is 34.9 Å². The van der Waals surface area contributed by atoms with Crippen LogP contribution in [-0.2, 0) is 10.8 Å². The Bertz CT molecular complexity index is 538. The van der Waals surface area contributed by atoms with Gasteiger partial charge in [0.05, 0.1) is 33.2 Å². The molecule has 0 spiro atoms. The van der Waals surface area contributed by atoms with Crippen LogP contribution in [0.25, 0.3) is 0 Å². The molecule has 2 rings (SSSR count). The summed E-state index contributed by atoms with van der Waals surface area (Å²) in [4.78, 5) is 16.5. The largest absolute Gasteiger partial charge is 0.334 e. The summed E-state index contributed by atoms with van der Waals surface area (Å²) >= 11 is 0. The van der Waals surface area contributed by atoms with Crippen molar-refractivity contribution in [1.82, 2.24) is 4.90 Å². The lowest BCUT2D eigenvalue weighted by molar-refractivity contribution is -0.883. The number of amides is 1. The Labute approximate surface area is 141 Å². The summed E-state index contributed by atoms with van der Waals surface area (Å²) in [5, 5.41) is 0. The third-order valence-electron chi connectivity index (χ3n) is 4.82. The van der Waals surface area contributed by atoms with Gasteiger partial charge in [0, 0.05) is 5.56 Å². The molecule has 23 heavy (non-hydrogen) atoms. The van der Waals surface area contributed by atoms with Crippen LogP contribution in [0.4, 0.5) is 0 Å². The molecule has 0 saturated carbocycles. The van der Waals surface area contributed by atoms with Gasteiger partial charge >= 0.3 is 0 Å². The average Bonchev–Trinajstić information content (AvgIpc) is 2.45. The number of nitrogens with zero attached hydrogens (tertiary/aromatic N) is 1. The van der Waals surface area contributed by atoms with E-state index in [-0.39, 0.29) is 16.7 Å². The first-order valence-corrected chi connectivity index (χ1v) is 8.75. The van der Waals surface area contributed by atoms with Gasteiger partial charge < -0.3 is 9.80 Å². The summed E-state index contributed by atoms with van der Waals surface area (Å²) in [6.07, 6.45) is 0. The lowest BCUT2D eigenvalue weighted by Gasteiger charge is -2.31. The summed E-state index contributed by atoms with van der Waals surface area (Å²) in [6, 6.07) is 6.47. The number of benzene rings is 1. The van der Waals surface area contributed by atoms with Crippen LogP contribution in [0, 0.1) is 0 Å². The molecular weight excluding hydrogens is 284 g/mol. The second-order valence-corrected chi connectivity index (χ2v) is 9.05. The van der Waals surface area contributed by atoms with E-state index < -0.39 is 0 Å². The third kappa shape index (κ3) is 4.35. The predicted molar refractivity (Wildman–Crippen MR) is 96.4 cm³/mol. The molecule has 0 bridgehead atoms. The van der Waals surface area contributed by atoms with Crippen molar-refractivity contribution in [2.75, 3.05) is 33.2 Å². The van der Waals surface area contributed by atoms with E-state index in [0.29, 0.717) is 0 Å². The first kappa shape index (κ1) is 18.0. The molecule has 128 valence electrons. The molecule has 1 fully saturated rings. The fourth-order valence-corrected chi connectivity index (χ4v) is 2.89. The van der Waals surface area contributed by atoms with E-state index in [4.69, 9.17) is 0 Å². The highest BCUT2D eigenvalue weighted by atomic mass is 16.2. The van der Waals surface area contributed by atoms with Gasteiger partial charge in [-0.2, -0.15) is 0 Å². The molecular formula is C20H33N2O+. The highest BCUT2D eigenvalue weighted by molar-refractivity contribution is 5.94. The Hall–Kier alpha value is -1.35. The van der Waals surface area contributed by atoms with E-state index in [1.165, 1.54) is 16.0 Å². The van der Waals surface area contributed by atoms with Crippen LogP contribution >= 0.6 is 0 Å². The second kappa shape index (κ2) is 6.27. The van der Waals surface area contributed by atoms with Gasteiger partial charge in [-0.3, -0.25) is 4.79 Å². The van der Waals surface area contributed by atoms with Gasteiger partial charge in [-0.05, 0) is 34.1 Å². The highest BCUT2D eigenvalue weighted by Crippen LogP contribution is 2.30. The van der Waals surface area contributed by atoms with Gasteiger partial charge in [0.1, 0.15) is 0 Å². The lowest BCUT2D eigenvalue weighted by atomic mass is 9.79. The summed E-state index contributed by atoms with van der Waals surface area (Å²) in [7, 11) is 2.19. The number of carbonyl (C=O) groups is 1. The lowest BCUT2D eigenvalue weighted by Crippen LogP contribution is -3.12. The molecule has 0 unspecified atom stereocenters. The summed E-state index contributed by atoms with van der Waals surface area (Å²) in [5.74, 6) is 0.189. The molecule has 1 aromatic carbocycles. The van der Waals surface area contributed by atoms with Crippen LogP contribution in [0.3, 0.4) is 0 Å². The summed E-state index contributed by atoms with van der Waals surface area (Å²) in [5.41, 5.74) is 3.42. The Balaban J connectivity index is 2.39. The first-order valence-electron chi connectivity index (χ1n) is 8.75. The smallest absolute Gasteiger partial charge is 0.254 e. The maximum atomic E-state index is 13.0. The number of quaternary nitrogens is 1. The van der Waals surface area contributed by atoms with E-state index >= 15 is 0 Å². The fourth-order valence-electron chi connectivity index (χ4n) is 2.89. The van der Waals surface area contributed by atoms with Crippen molar-refractivity contribution < 1.29 is 9.69 Å². The minimum Gasteiger partial charge on any atom is -0.334 e. The Morgan fingerprint density at radius 2 is 1.35 bits per heavy atom. The average molecular weight is 317 g/mol. The standard InChI is InChI=1S/C20H32N2O/c1-19(2,3)16-12-15(13-17(14-16)20(4,5)6)18(23)22-10-8-21(7)9-11-22/h12-14H,8-11H2,1-7H3/p+1.